The summed E-state index contributed by atoms with van der Waals surface area (Å²) in [5.41, 5.74) is 2.41. The number of carbonyl (C=O) groups excluding carboxylic acids is 1. The highest BCUT2D eigenvalue weighted by atomic mass is 35.5. The third kappa shape index (κ3) is 5.01. The Morgan fingerprint density at radius 3 is 2.44 bits per heavy atom. The minimum Gasteiger partial charge on any atom is -0.357 e. The normalized spacial score (nSPS) is 15.6. The Kier molecular flexibility index (Phi) is 6.05. The molecule has 0 unspecified atom stereocenters. The fraction of sp³-hybridized carbons (Fsp3) is 0.455. The van der Waals surface area contributed by atoms with Gasteiger partial charge in [0.15, 0.2) is 0 Å². The van der Waals surface area contributed by atoms with Crippen LogP contribution in [0.25, 0.3) is 0 Å². The van der Waals surface area contributed by atoms with Crippen molar-refractivity contribution in [3.8, 4) is 0 Å². The van der Waals surface area contributed by atoms with Gasteiger partial charge in [-0.25, -0.2) is 4.98 Å². The van der Waals surface area contributed by atoms with Crippen molar-refractivity contribution in [1.29, 1.82) is 0 Å². The van der Waals surface area contributed by atoms with E-state index in [1.807, 2.05) is 12.1 Å². The van der Waals surface area contributed by atoms with Gasteiger partial charge in [-0.05, 0) is 37.5 Å². The molecule has 0 radical (unpaired) electrons. The van der Waals surface area contributed by atoms with Gasteiger partial charge in [0.2, 0.25) is 5.91 Å². The van der Waals surface area contributed by atoms with Crippen molar-refractivity contribution < 1.29 is 4.79 Å². The first kappa shape index (κ1) is 19.7. The van der Waals surface area contributed by atoms with Gasteiger partial charge in [-0.3, -0.25) is 4.79 Å². The molecule has 0 saturated carbocycles. The van der Waals surface area contributed by atoms with Gasteiger partial charge in [0.1, 0.15) is 5.82 Å². The van der Waals surface area contributed by atoms with Crippen LogP contribution in [0.4, 0.5) is 5.82 Å². The molecule has 0 atom stereocenters. The quantitative estimate of drug-likeness (QED) is 0.831. The number of aromatic nitrogens is 1. The number of pyridine rings is 1. The molecule has 27 heavy (non-hydrogen) atoms. The summed E-state index contributed by atoms with van der Waals surface area (Å²) in [4.78, 5) is 19.2. The van der Waals surface area contributed by atoms with Gasteiger partial charge < -0.3 is 10.2 Å². The van der Waals surface area contributed by atoms with Gasteiger partial charge in [-0.15, -0.1) is 0 Å². The van der Waals surface area contributed by atoms with Gasteiger partial charge >= 0.3 is 0 Å². The summed E-state index contributed by atoms with van der Waals surface area (Å²) < 4.78 is 0. The summed E-state index contributed by atoms with van der Waals surface area (Å²) in [5.74, 6) is 1.17. The van der Waals surface area contributed by atoms with E-state index in [2.05, 4.69) is 60.2 Å². The molecule has 4 nitrogen and oxygen atoms in total. The molecule has 3 rings (SSSR count). The summed E-state index contributed by atoms with van der Waals surface area (Å²) in [6, 6.07) is 12.3. The second kappa shape index (κ2) is 8.30. The highest BCUT2D eigenvalue weighted by Gasteiger charge is 2.27. The molecule has 1 aromatic carbocycles. The zero-order valence-electron chi connectivity index (χ0n) is 16.3. The van der Waals surface area contributed by atoms with Crippen LogP contribution in [0.5, 0.6) is 0 Å². The zero-order valence-corrected chi connectivity index (χ0v) is 17.1. The maximum absolute atomic E-state index is 12.7. The number of hydrogen-bond donors (Lipinski definition) is 1. The lowest BCUT2D eigenvalue weighted by atomic mass is 9.84. The van der Waals surface area contributed by atoms with Gasteiger partial charge in [-0.2, -0.15) is 0 Å². The van der Waals surface area contributed by atoms with E-state index in [0.29, 0.717) is 11.6 Å². The Hall–Kier alpha value is -2.07. The lowest BCUT2D eigenvalue weighted by molar-refractivity contribution is -0.125. The molecular formula is C22H28ClN3O. The molecule has 1 aliphatic heterocycles. The van der Waals surface area contributed by atoms with Crippen LogP contribution in [0.15, 0.2) is 42.6 Å². The summed E-state index contributed by atoms with van der Waals surface area (Å²) in [5, 5.41) is 3.82. The summed E-state index contributed by atoms with van der Waals surface area (Å²) in [6.45, 7) is 8.76. The number of aryl methyl sites for hydroxylation is 1. The molecule has 1 N–H and O–H groups in total. The Labute approximate surface area is 166 Å². The van der Waals surface area contributed by atoms with Crippen molar-refractivity contribution in [2.75, 3.05) is 24.5 Å². The van der Waals surface area contributed by atoms with E-state index in [4.69, 9.17) is 11.6 Å². The number of nitrogens with one attached hydrogen (secondary N) is 1. The molecule has 5 heteroatoms. The Morgan fingerprint density at radius 2 is 1.85 bits per heavy atom. The maximum atomic E-state index is 12.7. The summed E-state index contributed by atoms with van der Waals surface area (Å²) in [7, 11) is 0. The molecule has 1 aromatic heterocycles. The number of hydrogen-bond acceptors (Lipinski definition) is 3. The Balaban J connectivity index is 1.50. The van der Waals surface area contributed by atoms with Crippen molar-refractivity contribution in [3.63, 3.8) is 0 Å². The van der Waals surface area contributed by atoms with Crippen LogP contribution < -0.4 is 10.2 Å². The molecule has 0 spiro atoms. The molecule has 2 aromatic rings. The van der Waals surface area contributed by atoms with Crippen LogP contribution in [0.3, 0.4) is 0 Å². The Morgan fingerprint density at radius 1 is 1.19 bits per heavy atom. The largest absolute Gasteiger partial charge is 0.357 e. The first-order valence-corrected chi connectivity index (χ1v) is 9.94. The van der Waals surface area contributed by atoms with E-state index in [1.165, 1.54) is 11.1 Å². The van der Waals surface area contributed by atoms with E-state index in [-0.39, 0.29) is 17.2 Å². The number of rotatable bonds is 5. The fourth-order valence-corrected chi connectivity index (χ4v) is 3.60. The first-order valence-electron chi connectivity index (χ1n) is 9.56. The molecule has 1 amide bonds. The monoisotopic (exact) mass is 385 g/mol. The number of anilines is 1. The van der Waals surface area contributed by atoms with E-state index >= 15 is 0 Å². The van der Waals surface area contributed by atoms with E-state index in [9.17, 15) is 4.79 Å². The first-order chi connectivity index (χ1) is 12.8. The third-order valence-corrected chi connectivity index (χ3v) is 5.66. The van der Waals surface area contributed by atoms with Crippen molar-refractivity contribution >= 4 is 23.3 Å². The highest BCUT2D eigenvalue weighted by molar-refractivity contribution is 6.30. The van der Waals surface area contributed by atoms with E-state index < -0.39 is 0 Å². The number of piperidine rings is 1. The average Bonchev–Trinajstić information content (AvgIpc) is 2.67. The molecule has 0 aliphatic carbocycles. The van der Waals surface area contributed by atoms with Crippen molar-refractivity contribution in [1.82, 2.24) is 10.3 Å². The van der Waals surface area contributed by atoms with E-state index in [0.717, 1.165) is 31.7 Å². The lowest BCUT2D eigenvalue weighted by Crippen LogP contribution is -2.44. The summed E-state index contributed by atoms with van der Waals surface area (Å²) >= 11 is 5.90. The van der Waals surface area contributed by atoms with Gasteiger partial charge in [0.05, 0.1) is 5.02 Å². The molecule has 1 saturated heterocycles. The Bertz CT molecular complexity index is 763. The zero-order chi connectivity index (χ0) is 19.4. The SMILES string of the molecule is Cc1ccc(C(C)(C)CNC(=O)C2CCN(c3ccc(Cl)cn3)CC2)cc1. The number of halogens is 1. The minimum absolute atomic E-state index is 0.0716. The van der Waals surface area contributed by atoms with Crippen LogP contribution in [0, 0.1) is 12.8 Å². The predicted molar refractivity (Wildman–Crippen MR) is 111 cm³/mol. The minimum atomic E-state index is -0.0860. The van der Waals surface area contributed by atoms with Crippen molar-refractivity contribution in [2.45, 2.75) is 39.0 Å². The van der Waals surface area contributed by atoms with Crippen molar-refractivity contribution in [3.05, 3.63) is 58.7 Å². The fourth-order valence-electron chi connectivity index (χ4n) is 3.49. The van der Waals surface area contributed by atoms with Gasteiger partial charge in [0, 0.05) is 37.2 Å². The molecular weight excluding hydrogens is 358 g/mol. The van der Waals surface area contributed by atoms with Crippen LogP contribution in [-0.2, 0) is 10.2 Å². The van der Waals surface area contributed by atoms with Crippen LogP contribution in [0.1, 0.15) is 37.8 Å². The number of nitrogens with zero attached hydrogens (tertiary/aromatic N) is 2. The molecule has 1 fully saturated rings. The number of carbonyl (C=O) groups is 1. The number of amides is 1. The second-order valence-corrected chi connectivity index (χ2v) is 8.50. The second-order valence-electron chi connectivity index (χ2n) is 8.06. The van der Waals surface area contributed by atoms with Crippen LogP contribution in [-0.4, -0.2) is 30.5 Å². The average molecular weight is 386 g/mol. The molecule has 0 bridgehead atoms. The molecule has 2 heterocycles. The van der Waals surface area contributed by atoms with Gasteiger partial charge in [0.25, 0.3) is 0 Å². The molecule has 144 valence electrons. The standard InChI is InChI=1S/C22H28ClN3O/c1-16-4-6-18(7-5-16)22(2,3)15-25-21(27)17-10-12-26(13-11-17)20-9-8-19(23)14-24-20/h4-9,14,17H,10-13,15H2,1-3H3,(H,25,27). The lowest BCUT2D eigenvalue weighted by Gasteiger charge is -2.33. The van der Waals surface area contributed by atoms with Gasteiger partial charge in [-0.1, -0.05) is 55.3 Å². The number of benzene rings is 1. The molecule has 1 aliphatic rings. The van der Waals surface area contributed by atoms with Crippen LogP contribution in [0.2, 0.25) is 5.02 Å². The third-order valence-electron chi connectivity index (χ3n) is 5.44. The predicted octanol–water partition coefficient (Wildman–Crippen LogP) is 4.35. The van der Waals surface area contributed by atoms with Crippen molar-refractivity contribution in [2.24, 2.45) is 5.92 Å². The van der Waals surface area contributed by atoms with Crippen LogP contribution >= 0.6 is 11.6 Å². The summed E-state index contributed by atoms with van der Waals surface area (Å²) in [6.07, 6.45) is 3.37. The highest BCUT2D eigenvalue weighted by Crippen LogP contribution is 2.25. The van der Waals surface area contributed by atoms with E-state index in [1.54, 1.807) is 6.20 Å². The maximum Gasteiger partial charge on any atom is 0.223 e. The topological polar surface area (TPSA) is 45.2 Å². The smallest absolute Gasteiger partial charge is 0.223 e.